The zero-order valence-electron chi connectivity index (χ0n) is 11.8. The fraction of sp³-hybridized carbons (Fsp3) is 0.538. The van der Waals surface area contributed by atoms with Crippen LogP contribution in [-0.2, 0) is 7.05 Å². The molecule has 0 amide bonds. The highest BCUT2D eigenvalue weighted by molar-refractivity contribution is 7.11. The van der Waals surface area contributed by atoms with E-state index in [1.165, 1.54) is 4.88 Å². The Kier molecular flexibility index (Phi) is 3.43. The number of rotatable bonds is 3. The molecule has 0 fully saturated rings. The van der Waals surface area contributed by atoms with Gasteiger partial charge in [0.15, 0.2) is 0 Å². The molecule has 0 aliphatic rings. The Morgan fingerprint density at radius 1 is 1.22 bits per heavy atom. The number of hydrogen-bond acceptors (Lipinski definition) is 4. The second-order valence-electron chi connectivity index (χ2n) is 4.71. The summed E-state index contributed by atoms with van der Waals surface area (Å²) in [7, 11) is 1.97. The molecule has 1 N–H and O–H groups in total. The highest BCUT2D eigenvalue weighted by Crippen LogP contribution is 2.28. The van der Waals surface area contributed by atoms with Gasteiger partial charge in [0.2, 0.25) is 0 Å². The standard InChI is InChI=1S/C13H20N4S/c1-7(13-10(4)18-11(5)15-13)14-12-8(2)16-17(6)9(12)3/h7,14H,1-6H3. The lowest BCUT2D eigenvalue weighted by molar-refractivity contribution is 0.731. The van der Waals surface area contributed by atoms with Gasteiger partial charge in [0.25, 0.3) is 0 Å². The molecule has 0 spiro atoms. The molecular weight excluding hydrogens is 244 g/mol. The normalized spacial score (nSPS) is 12.8. The van der Waals surface area contributed by atoms with Crippen molar-refractivity contribution in [2.24, 2.45) is 7.05 Å². The Balaban J connectivity index is 2.26. The Morgan fingerprint density at radius 3 is 2.33 bits per heavy atom. The van der Waals surface area contributed by atoms with Crippen molar-refractivity contribution in [2.75, 3.05) is 5.32 Å². The summed E-state index contributed by atoms with van der Waals surface area (Å²) in [5, 5.41) is 9.07. The molecule has 18 heavy (non-hydrogen) atoms. The summed E-state index contributed by atoms with van der Waals surface area (Å²) in [5.41, 5.74) is 4.45. The average Bonchev–Trinajstić information content (AvgIpc) is 2.73. The molecule has 0 radical (unpaired) electrons. The molecule has 0 aromatic carbocycles. The largest absolute Gasteiger partial charge is 0.374 e. The van der Waals surface area contributed by atoms with Gasteiger partial charge in [-0.2, -0.15) is 5.10 Å². The van der Waals surface area contributed by atoms with E-state index in [-0.39, 0.29) is 6.04 Å². The van der Waals surface area contributed by atoms with Crippen molar-refractivity contribution in [1.29, 1.82) is 0 Å². The van der Waals surface area contributed by atoms with Gasteiger partial charge in [-0.15, -0.1) is 11.3 Å². The van der Waals surface area contributed by atoms with Gasteiger partial charge in [0.1, 0.15) is 0 Å². The van der Waals surface area contributed by atoms with Crippen molar-refractivity contribution < 1.29 is 0 Å². The van der Waals surface area contributed by atoms with E-state index in [9.17, 15) is 0 Å². The average molecular weight is 264 g/mol. The summed E-state index contributed by atoms with van der Waals surface area (Å²) in [5.74, 6) is 0. The van der Waals surface area contributed by atoms with Crippen molar-refractivity contribution in [3.8, 4) is 0 Å². The molecule has 0 aliphatic carbocycles. The molecule has 1 unspecified atom stereocenters. The van der Waals surface area contributed by atoms with Crippen LogP contribution < -0.4 is 5.32 Å². The number of anilines is 1. The topological polar surface area (TPSA) is 42.7 Å². The van der Waals surface area contributed by atoms with E-state index in [2.05, 4.69) is 43.1 Å². The molecule has 5 heteroatoms. The molecule has 2 aromatic heterocycles. The SMILES string of the molecule is Cc1nc(C(C)Nc2c(C)nn(C)c2C)c(C)s1. The minimum atomic E-state index is 0.205. The summed E-state index contributed by atoms with van der Waals surface area (Å²) in [6, 6.07) is 0.205. The Morgan fingerprint density at radius 2 is 1.89 bits per heavy atom. The van der Waals surface area contributed by atoms with Crippen LogP contribution in [0.3, 0.4) is 0 Å². The smallest absolute Gasteiger partial charge is 0.0901 e. The van der Waals surface area contributed by atoms with Crippen molar-refractivity contribution in [3.05, 3.63) is 27.0 Å². The van der Waals surface area contributed by atoms with Gasteiger partial charge in [-0.05, 0) is 34.6 Å². The summed E-state index contributed by atoms with van der Waals surface area (Å²) in [4.78, 5) is 5.89. The van der Waals surface area contributed by atoms with Crippen LogP contribution in [0, 0.1) is 27.7 Å². The van der Waals surface area contributed by atoms with Crippen LogP contribution in [0.2, 0.25) is 0 Å². The lowest BCUT2D eigenvalue weighted by atomic mass is 10.2. The lowest BCUT2D eigenvalue weighted by Crippen LogP contribution is -2.09. The first-order chi connectivity index (χ1) is 8.40. The Labute approximate surface area is 112 Å². The lowest BCUT2D eigenvalue weighted by Gasteiger charge is -2.14. The predicted molar refractivity (Wildman–Crippen MR) is 76.3 cm³/mol. The number of aryl methyl sites for hydroxylation is 4. The van der Waals surface area contributed by atoms with Crippen LogP contribution in [0.25, 0.3) is 0 Å². The Bertz CT molecular complexity index is 568. The number of aromatic nitrogens is 3. The van der Waals surface area contributed by atoms with Crippen molar-refractivity contribution in [2.45, 2.75) is 40.7 Å². The molecule has 2 aromatic rings. The van der Waals surface area contributed by atoms with Gasteiger partial charge >= 0.3 is 0 Å². The minimum Gasteiger partial charge on any atom is -0.374 e. The molecule has 2 rings (SSSR count). The summed E-state index contributed by atoms with van der Waals surface area (Å²) < 4.78 is 1.91. The van der Waals surface area contributed by atoms with Crippen LogP contribution in [0.4, 0.5) is 5.69 Å². The number of hydrogen-bond donors (Lipinski definition) is 1. The first kappa shape index (κ1) is 13.1. The third kappa shape index (κ3) is 2.27. The molecular formula is C13H20N4S. The second-order valence-corrected chi connectivity index (χ2v) is 6.12. The van der Waals surface area contributed by atoms with Crippen molar-refractivity contribution in [3.63, 3.8) is 0 Å². The fourth-order valence-corrected chi connectivity index (χ4v) is 3.13. The van der Waals surface area contributed by atoms with Gasteiger partial charge < -0.3 is 5.32 Å². The maximum Gasteiger partial charge on any atom is 0.0901 e. The predicted octanol–water partition coefficient (Wildman–Crippen LogP) is 3.28. The van der Waals surface area contributed by atoms with E-state index >= 15 is 0 Å². The van der Waals surface area contributed by atoms with Gasteiger partial charge in [-0.3, -0.25) is 4.68 Å². The van der Waals surface area contributed by atoms with Gasteiger partial charge in [-0.25, -0.2) is 4.98 Å². The second kappa shape index (κ2) is 4.72. The summed E-state index contributed by atoms with van der Waals surface area (Å²) >= 11 is 1.75. The van der Waals surface area contributed by atoms with E-state index in [0.29, 0.717) is 0 Å². The van der Waals surface area contributed by atoms with Crippen LogP contribution >= 0.6 is 11.3 Å². The van der Waals surface area contributed by atoms with E-state index in [1.807, 2.05) is 18.7 Å². The van der Waals surface area contributed by atoms with Crippen LogP contribution in [0.5, 0.6) is 0 Å². The molecule has 98 valence electrons. The van der Waals surface area contributed by atoms with Crippen molar-refractivity contribution in [1.82, 2.24) is 14.8 Å². The van der Waals surface area contributed by atoms with E-state index in [1.54, 1.807) is 11.3 Å². The summed E-state index contributed by atoms with van der Waals surface area (Å²) in [6.45, 7) is 10.4. The first-order valence-electron chi connectivity index (χ1n) is 6.10. The van der Waals surface area contributed by atoms with Gasteiger partial charge in [-0.1, -0.05) is 0 Å². The molecule has 0 bridgehead atoms. The van der Waals surface area contributed by atoms with E-state index in [0.717, 1.165) is 27.8 Å². The van der Waals surface area contributed by atoms with Gasteiger partial charge in [0.05, 0.1) is 33.8 Å². The number of nitrogens with one attached hydrogen (secondary N) is 1. The monoisotopic (exact) mass is 264 g/mol. The van der Waals surface area contributed by atoms with Crippen LogP contribution in [0.1, 0.15) is 39.9 Å². The van der Waals surface area contributed by atoms with E-state index in [4.69, 9.17) is 0 Å². The maximum absolute atomic E-state index is 4.60. The molecule has 0 aliphatic heterocycles. The first-order valence-corrected chi connectivity index (χ1v) is 6.92. The molecule has 4 nitrogen and oxygen atoms in total. The third-order valence-electron chi connectivity index (χ3n) is 3.22. The minimum absolute atomic E-state index is 0.205. The molecule has 0 saturated heterocycles. The molecule has 0 saturated carbocycles. The quantitative estimate of drug-likeness (QED) is 0.925. The van der Waals surface area contributed by atoms with Crippen LogP contribution in [-0.4, -0.2) is 14.8 Å². The fourth-order valence-electron chi connectivity index (χ4n) is 2.21. The molecule has 2 heterocycles. The highest BCUT2D eigenvalue weighted by atomic mass is 32.1. The van der Waals surface area contributed by atoms with E-state index < -0.39 is 0 Å². The van der Waals surface area contributed by atoms with Gasteiger partial charge in [0, 0.05) is 11.9 Å². The maximum atomic E-state index is 4.60. The van der Waals surface area contributed by atoms with Crippen LogP contribution in [0.15, 0.2) is 0 Å². The number of thiazole rings is 1. The highest BCUT2D eigenvalue weighted by Gasteiger charge is 2.16. The number of nitrogens with zero attached hydrogens (tertiary/aromatic N) is 3. The zero-order chi connectivity index (χ0) is 13.4. The summed E-state index contributed by atoms with van der Waals surface area (Å²) in [6.07, 6.45) is 0. The van der Waals surface area contributed by atoms with Crippen molar-refractivity contribution >= 4 is 17.0 Å². The zero-order valence-corrected chi connectivity index (χ0v) is 12.6. The molecule has 1 atom stereocenters. The third-order valence-corrected chi connectivity index (χ3v) is 4.12. The Hall–Kier alpha value is -1.36.